The Bertz CT molecular complexity index is 231. The van der Waals surface area contributed by atoms with Gasteiger partial charge in [-0.1, -0.05) is 20.8 Å². The highest BCUT2D eigenvalue weighted by Crippen LogP contribution is 2.60. The van der Waals surface area contributed by atoms with Crippen molar-refractivity contribution in [3.8, 4) is 0 Å². The molecule has 0 N–H and O–H groups in total. The van der Waals surface area contributed by atoms with Crippen molar-refractivity contribution in [2.75, 3.05) is 0 Å². The fourth-order valence-corrected chi connectivity index (χ4v) is 2.52. The summed E-state index contributed by atoms with van der Waals surface area (Å²) in [5, 5.41) is 0. The molecular weight excluding hydrogens is 160 g/mol. The Morgan fingerprint density at radius 3 is 2.31 bits per heavy atom. The van der Waals surface area contributed by atoms with Gasteiger partial charge in [-0.25, -0.2) is 0 Å². The zero-order valence-electron chi connectivity index (χ0n) is 8.97. The van der Waals surface area contributed by atoms with Crippen LogP contribution >= 0.6 is 0 Å². The summed E-state index contributed by atoms with van der Waals surface area (Å²) in [4.78, 5) is 10.6. The summed E-state index contributed by atoms with van der Waals surface area (Å²) in [5.41, 5.74) is 1.00. The molecule has 2 aliphatic rings. The fourth-order valence-electron chi connectivity index (χ4n) is 2.52. The average molecular weight is 180 g/mol. The van der Waals surface area contributed by atoms with Crippen molar-refractivity contribution in [1.82, 2.24) is 0 Å². The van der Waals surface area contributed by atoms with Gasteiger partial charge in [-0.3, -0.25) is 0 Å². The number of hydrogen-bond acceptors (Lipinski definition) is 1. The van der Waals surface area contributed by atoms with Gasteiger partial charge in [0.15, 0.2) is 0 Å². The molecule has 0 aromatic heterocycles. The van der Waals surface area contributed by atoms with Crippen LogP contribution in [0.4, 0.5) is 0 Å². The van der Waals surface area contributed by atoms with Crippen molar-refractivity contribution in [3.63, 3.8) is 0 Å². The van der Waals surface area contributed by atoms with E-state index in [-0.39, 0.29) is 0 Å². The van der Waals surface area contributed by atoms with Crippen LogP contribution in [0.25, 0.3) is 0 Å². The minimum Gasteiger partial charge on any atom is -0.303 e. The third-order valence-corrected chi connectivity index (χ3v) is 4.37. The van der Waals surface area contributed by atoms with Crippen molar-refractivity contribution in [2.45, 2.75) is 46.5 Å². The summed E-state index contributed by atoms with van der Waals surface area (Å²) in [7, 11) is 0. The molecule has 0 radical (unpaired) electrons. The van der Waals surface area contributed by atoms with Gasteiger partial charge in [0, 0.05) is 5.92 Å². The van der Waals surface area contributed by atoms with Crippen LogP contribution in [0.5, 0.6) is 0 Å². The van der Waals surface area contributed by atoms with E-state index in [9.17, 15) is 4.79 Å². The van der Waals surface area contributed by atoms with E-state index in [1.165, 1.54) is 19.3 Å². The number of carbonyl (C=O) groups is 1. The van der Waals surface area contributed by atoms with E-state index in [1.54, 1.807) is 0 Å². The lowest BCUT2D eigenvalue weighted by molar-refractivity contribution is -0.109. The smallest absolute Gasteiger partial charge is 0.123 e. The van der Waals surface area contributed by atoms with Crippen LogP contribution in [0, 0.1) is 22.7 Å². The molecule has 0 saturated heterocycles. The van der Waals surface area contributed by atoms with Crippen LogP contribution in [0.2, 0.25) is 0 Å². The minimum atomic E-state index is 0.384. The van der Waals surface area contributed by atoms with Crippen LogP contribution in [-0.2, 0) is 4.79 Å². The molecule has 2 rings (SSSR count). The number of carbonyl (C=O) groups excluding carboxylic acids is 1. The van der Waals surface area contributed by atoms with Crippen molar-refractivity contribution < 1.29 is 4.79 Å². The monoisotopic (exact) mass is 180 g/mol. The molecule has 0 spiro atoms. The molecule has 0 unspecified atom stereocenters. The van der Waals surface area contributed by atoms with Gasteiger partial charge in [0.25, 0.3) is 0 Å². The average Bonchev–Trinajstić information content (AvgIpc) is 2.87. The summed E-state index contributed by atoms with van der Waals surface area (Å²) in [6, 6.07) is 0. The molecule has 74 valence electrons. The molecule has 0 aromatic carbocycles. The Morgan fingerprint density at radius 1 is 1.31 bits per heavy atom. The Morgan fingerprint density at radius 2 is 1.92 bits per heavy atom. The zero-order chi connectivity index (χ0) is 9.69. The van der Waals surface area contributed by atoms with Crippen molar-refractivity contribution >= 4 is 6.29 Å². The summed E-state index contributed by atoms with van der Waals surface area (Å²) < 4.78 is 0. The molecule has 2 saturated carbocycles. The maximum Gasteiger partial charge on any atom is 0.123 e. The van der Waals surface area contributed by atoms with E-state index < -0.39 is 0 Å². The van der Waals surface area contributed by atoms with Crippen LogP contribution in [0.15, 0.2) is 0 Å². The molecule has 13 heavy (non-hydrogen) atoms. The Hall–Kier alpha value is -0.330. The van der Waals surface area contributed by atoms with Gasteiger partial charge in [-0.15, -0.1) is 0 Å². The first kappa shape index (κ1) is 9.23. The molecule has 1 heteroatoms. The molecule has 0 amide bonds. The molecule has 3 atom stereocenters. The summed E-state index contributed by atoms with van der Waals surface area (Å²) in [5.74, 6) is 1.33. The van der Waals surface area contributed by atoms with Gasteiger partial charge in [-0.05, 0) is 42.4 Å². The van der Waals surface area contributed by atoms with Crippen LogP contribution in [0.1, 0.15) is 46.5 Å². The highest BCUT2D eigenvalue weighted by Gasteiger charge is 2.52. The van der Waals surface area contributed by atoms with Crippen LogP contribution < -0.4 is 0 Å². The third kappa shape index (κ3) is 1.66. The Kier molecular flexibility index (Phi) is 1.84. The predicted molar refractivity (Wildman–Crippen MR) is 53.4 cm³/mol. The summed E-state index contributed by atoms with van der Waals surface area (Å²) >= 11 is 0. The van der Waals surface area contributed by atoms with E-state index in [4.69, 9.17) is 0 Å². The topological polar surface area (TPSA) is 17.1 Å². The maximum absolute atomic E-state index is 10.6. The standard InChI is InChI=1S/C12H20O/c1-11(2)6-9(11)4-5-12(3)7-10(12)8-13/h8-10H,4-7H2,1-3H3/t9-,10-,12-/m0/s1. The van der Waals surface area contributed by atoms with Gasteiger partial charge < -0.3 is 4.79 Å². The lowest BCUT2D eigenvalue weighted by Crippen LogP contribution is -2.01. The number of hydrogen-bond donors (Lipinski definition) is 0. The number of rotatable bonds is 4. The molecule has 1 nitrogen and oxygen atoms in total. The first-order valence-electron chi connectivity index (χ1n) is 5.43. The van der Waals surface area contributed by atoms with E-state index in [0.29, 0.717) is 16.7 Å². The SMILES string of the molecule is CC1(C)C[C@@H]1CC[C@@]1(C)C[C@H]1C=O. The molecule has 0 heterocycles. The highest BCUT2D eigenvalue weighted by atomic mass is 16.1. The second kappa shape index (κ2) is 2.59. The second-order valence-electron chi connectivity index (χ2n) is 6.03. The zero-order valence-corrected chi connectivity index (χ0v) is 8.97. The lowest BCUT2D eigenvalue weighted by Gasteiger charge is -2.09. The molecule has 0 bridgehead atoms. The molecule has 2 fully saturated rings. The van der Waals surface area contributed by atoms with Crippen molar-refractivity contribution in [1.29, 1.82) is 0 Å². The number of aldehydes is 1. The Labute approximate surface area is 80.9 Å². The first-order chi connectivity index (χ1) is 5.98. The molecule has 0 aliphatic heterocycles. The van der Waals surface area contributed by atoms with E-state index in [0.717, 1.165) is 18.6 Å². The van der Waals surface area contributed by atoms with E-state index in [1.807, 2.05) is 0 Å². The third-order valence-electron chi connectivity index (χ3n) is 4.37. The maximum atomic E-state index is 10.6. The van der Waals surface area contributed by atoms with Crippen LogP contribution in [0.3, 0.4) is 0 Å². The second-order valence-corrected chi connectivity index (χ2v) is 6.03. The van der Waals surface area contributed by atoms with Gasteiger partial charge in [0.1, 0.15) is 6.29 Å². The first-order valence-corrected chi connectivity index (χ1v) is 5.43. The quantitative estimate of drug-likeness (QED) is 0.608. The Balaban J connectivity index is 1.73. The predicted octanol–water partition coefficient (Wildman–Crippen LogP) is 3.04. The van der Waals surface area contributed by atoms with Crippen LogP contribution in [-0.4, -0.2) is 6.29 Å². The van der Waals surface area contributed by atoms with Crippen molar-refractivity contribution in [2.24, 2.45) is 22.7 Å². The van der Waals surface area contributed by atoms with Gasteiger partial charge in [0.2, 0.25) is 0 Å². The molecule has 0 aromatic rings. The highest BCUT2D eigenvalue weighted by molar-refractivity contribution is 5.59. The summed E-state index contributed by atoms with van der Waals surface area (Å²) in [6.45, 7) is 6.97. The van der Waals surface area contributed by atoms with Gasteiger partial charge in [-0.2, -0.15) is 0 Å². The summed E-state index contributed by atoms with van der Waals surface area (Å²) in [6.07, 6.45) is 6.30. The van der Waals surface area contributed by atoms with Crippen molar-refractivity contribution in [3.05, 3.63) is 0 Å². The molecular formula is C12H20O. The normalized spacial score (nSPS) is 45.8. The van der Waals surface area contributed by atoms with E-state index in [2.05, 4.69) is 20.8 Å². The van der Waals surface area contributed by atoms with Gasteiger partial charge >= 0.3 is 0 Å². The fraction of sp³-hybridized carbons (Fsp3) is 0.917. The lowest BCUT2D eigenvalue weighted by atomic mass is 9.96. The van der Waals surface area contributed by atoms with Gasteiger partial charge in [0.05, 0.1) is 0 Å². The molecule has 2 aliphatic carbocycles. The van der Waals surface area contributed by atoms with E-state index >= 15 is 0 Å². The largest absolute Gasteiger partial charge is 0.303 e. The minimum absolute atomic E-state index is 0.384.